The van der Waals surface area contributed by atoms with E-state index in [4.69, 9.17) is 27.6 Å². The van der Waals surface area contributed by atoms with Crippen LogP contribution in [0.5, 0.6) is 0 Å². The van der Waals surface area contributed by atoms with Gasteiger partial charge in [-0.05, 0) is 26.0 Å². The van der Waals surface area contributed by atoms with E-state index in [0.29, 0.717) is 10.0 Å². The van der Waals surface area contributed by atoms with E-state index in [-0.39, 0.29) is 12.1 Å². The Morgan fingerprint density at radius 1 is 1.07 bits per heavy atom. The van der Waals surface area contributed by atoms with Crippen LogP contribution in [0.2, 0.25) is 10.0 Å². The maximum absolute atomic E-state index is 6.34. The molecule has 1 aliphatic rings. The molecular weight excluding hydrogens is 399 g/mol. The maximum Gasteiger partial charge on any atom is 0.158 e. The topological polar surface area (TPSA) is 63.2 Å². The molecule has 1 saturated heterocycles. The Hall–Kier alpha value is -2.09. The lowest BCUT2D eigenvalue weighted by molar-refractivity contribution is 0.180. The molecule has 0 bridgehead atoms. The zero-order chi connectivity index (χ0) is 19.7. The van der Waals surface area contributed by atoms with Crippen LogP contribution in [0.15, 0.2) is 41.5 Å². The van der Waals surface area contributed by atoms with Crippen molar-refractivity contribution in [2.75, 3.05) is 31.1 Å². The Kier molecular flexibility index (Phi) is 5.57. The van der Waals surface area contributed by atoms with Crippen LogP contribution in [0.25, 0.3) is 0 Å². The van der Waals surface area contributed by atoms with Crippen LogP contribution in [-0.2, 0) is 0 Å². The van der Waals surface area contributed by atoms with Crippen molar-refractivity contribution in [3.05, 3.63) is 58.7 Å². The number of nitrogens with zero attached hydrogens (tertiary/aromatic N) is 6. The fourth-order valence-corrected chi connectivity index (χ4v) is 4.28. The lowest BCUT2D eigenvalue weighted by Gasteiger charge is -2.39. The minimum atomic E-state index is -0.0922. The predicted octanol–water partition coefficient (Wildman–Crippen LogP) is 4.07. The molecule has 3 aromatic heterocycles. The first-order chi connectivity index (χ1) is 13.6. The highest BCUT2D eigenvalue weighted by atomic mass is 35.5. The summed E-state index contributed by atoms with van der Waals surface area (Å²) in [5, 5.41) is 9.71. The number of aromatic nitrogens is 4. The van der Waals surface area contributed by atoms with Gasteiger partial charge in [0.2, 0.25) is 0 Å². The van der Waals surface area contributed by atoms with Crippen molar-refractivity contribution < 1.29 is 4.42 Å². The summed E-state index contributed by atoms with van der Waals surface area (Å²) in [5.41, 5.74) is 0.845. The Morgan fingerprint density at radius 3 is 2.39 bits per heavy atom. The smallest absolute Gasteiger partial charge is 0.158 e. The normalized spacial score (nSPS) is 16.7. The summed E-state index contributed by atoms with van der Waals surface area (Å²) < 4.78 is 7.86. The van der Waals surface area contributed by atoms with Gasteiger partial charge in [-0.1, -0.05) is 23.2 Å². The molecule has 0 radical (unpaired) electrons. The average Bonchev–Trinajstić information content (AvgIpc) is 3.36. The van der Waals surface area contributed by atoms with Gasteiger partial charge in [-0.3, -0.25) is 9.88 Å². The van der Waals surface area contributed by atoms with E-state index in [9.17, 15) is 0 Å². The van der Waals surface area contributed by atoms with Crippen molar-refractivity contribution in [2.24, 2.45) is 0 Å². The van der Waals surface area contributed by atoms with E-state index >= 15 is 0 Å². The minimum absolute atomic E-state index is 0.0922. The molecule has 0 aliphatic carbocycles. The molecule has 1 fully saturated rings. The third kappa shape index (κ3) is 3.62. The van der Waals surface area contributed by atoms with Crippen molar-refractivity contribution in [2.45, 2.75) is 25.9 Å². The van der Waals surface area contributed by atoms with Gasteiger partial charge >= 0.3 is 0 Å². The van der Waals surface area contributed by atoms with Crippen molar-refractivity contribution in [1.82, 2.24) is 24.6 Å². The van der Waals surface area contributed by atoms with Crippen molar-refractivity contribution in [3.8, 4) is 0 Å². The highest BCUT2D eigenvalue weighted by Crippen LogP contribution is 2.35. The number of rotatable bonds is 5. The standard InChI is InChI=1S/C19H22Cl2N6O/c1-13(2)27-12-23-24-19(27)18(16-4-3-9-28-16)26-7-5-25(6-8-26)17-14(20)10-22-11-15(17)21/h3-4,9-13,18H,5-8H2,1-2H3. The minimum Gasteiger partial charge on any atom is -0.467 e. The van der Waals surface area contributed by atoms with Gasteiger partial charge in [0.25, 0.3) is 0 Å². The monoisotopic (exact) mass is 420 g/mol. The highest BCUT2D eigenvalue weighted by molar-refractivity contribution is 6.38. The first-order valence-corrected chi connectivity index (χ1v) is 10.0. The number of hydrogen-bond acceptors (Lipinski definition) is 6. The summed E-state index contributed by atoms with van der Waals surface area (Å²) in [4.78, 5) is 8.61. The second-order valence-corrected chi connectivity index (χ2v) is 7.90. The number of hydrogen-bond donors (Lipinski definition) is 0. The summed E-state index contributed by atoms with van der Waals surface area (Å²) in [7, 11) is 0. The van der Waals surface area contributed by atoms with Gasteiger partial charge in [0.15, 0.2) is 5.82 Å². The highest BCUT2D eigenvalue weighted by Gasteiger charge is 2.33. The predicted molar refractivity (Wildman–Crippen MR) is 109 cm³/mol. The van der Waals surface area contributed by atoms with Gasteiger partial charge < -0.3 is 13.9 Å². The molecule has 0 N–H and O–H groups in total. The van der Waals surface area contributed by atoms with Gasteiger partial charge in [0.1, 0.15) is 18.1 Å². The summed E-state index contributed by atoms with van der Waals surface area (Å²) in [6.45, 7) is 7.44. The van der Waals surface area contributed by atoms with E-state index in [1.165, 1.54) is 0 Å². The van der Waals surface area contributed by atoms with Crippen LogP contribution in [0, 0.1) is 0 Å². The quantitative estimate of drug-likeness (QED) is 0.619. The molecule has 28 heavy (non-hydrogen) atoms. The summed E-state index contributed by atoms with van der Waals surface area (Å²) in [5.74, 6) is 1.75. The van der Waals surface area contributed by atoms with Gasteiger partial charge in [-0.2, -0.15) is 0 Å². The van der Waals surface area contributed by atoms with Crippen LogP contribution in [0.3, 0.4) is 0 Å². The Labute approximate surface area is 173 Å². The second-order valence-electron chi connectivity index (χ2n) is 7.08. The van der Waals surface area contributed by atoms with Crippen LogP contribution in [0.1, 0.15) is 37.5 Å². The summed E-state index contributed by atoms with van der Waals surface area (Å²) >= 11 is 12.7. The molecule has 4 heterocycles. The van der Waals surface area contributed by atoms with Crippen LogP contribution in [0.4, 0.5) is 5.69 Å². The molecule has 4 rings (SSSR count). The molecule has 0 saturated carbocycles. The van der Waals surface area contributed by atoms with Crippen molar-refractivity contribution in [3.63, 3.8) is 0 Å². The molecule has 0 spiro atoms. The van der Waals surface area contributed by atoms with Gasteiger partial charge in [0, 0.05) is 44.6 Å². The Bertz CT molecular complexity index is 898. The van der Waals surface area contributed by atoms with Crippen LogP contribution < -0.4 is 4.90 Å². The molecule has 1 aliphatic heterocycles. The second kappa shape index (κ2) is 8.11. The Morgan fingerprint density at radius 2 is 1.79 bits per heavy atom. The molecule has 0 aromatic carbocycles. The molecule has 0 amide bonds. The third-order valence-corrected chi connectivity index (χ3v) is 5.59. The zero-order valence-electron chi connectivity index (χ0n) is 15.8. The summed E-state index contributed by atoms with van der Waals surface area (Å²) in [6.07, 6.45) is 6.74. The van der Waals surface area contributed by atoms with E-state index in [1.807, 2.05) is 12.1 Å². The zero-order valence-corrected chi connectivity index (χ0v) is 17.3. The number of piperazine rings is 1. The van der Waals surface area contributed by atoms with Crippen molar-refractivity contribution >= 4 is 28.9 Å². The van der Waals surface area contributed by atoms with Gasteiger partial charge in [0.05, 0.1) is 22.0 Å². The summed E-state index contributed by atoms with van der Waals surface area (Å²) in [6, 6.07) is 4.07. The largest absolute Gasteiger partial charge is 0.467 e. The van der Waals surface area contributed by atoms with E-state index in [1.54, 1.807) is 25.0 Å². The van der Waals surface area contributed by atoms with Crippen LogP contribution >= 0.6 is 23.2 Å². The van der Waals surface area contributed by atoms with Gasteiger partial charge in [-0.15, -0.1) is 10.2 Å². The Balaban J connectivity index is 1.59. The molecule has 7 nitrogen and oxygen atoms in total. The fourth-order valence-electron chi connectivity index (χ4n) is 3.67. The molecule has 148 valence electrons. The number of halogens is 2. The van der Waals surface area contributed by atoms with E-state index in [0.717, 1.165) is 43.5 Å². The maximum atomic E-state index is 6.34. The number of anilines is 1. The molecule has 9 heteroatoms. The molecule has 1 unspecified atom stereocenters. The van der Waals surface area contributed by atoms with E-state index < -0.39 is 0 Å². The lowest BCUT2D eigenvalue weighted by Crippen LogP contribution is -2.48. The van der Waals surface area contributed by atoms with E-state index in [2.05, 4.69) is 43.4 Å². The average molecular weight is 421 g/mol. The van der Waals surface area contributed by atoms with Crippen LogP contribution in [-0.4, -0.2) is 50.8 Å². The fraction of sp³-hybridized carbons (Fsp3) is 0.421. The first kappa shape index (κ1) is 19.2. The lowest BCUT2D eigenvalue weighted by atomic mass is 10.1. The SMILES string of the molecule is CC(C)n1cnnc1C(c1ccco1)N1CCN(c2c(Cl)cncc2Cl)CC1. The number of furan rings is 1. The van der Waals surface area contributed by atoms with Gasteiger partial charge in [-0.25, -0.2) is 0 Å². The molecule has 1 atom stereocenters. The third-order valence-electron chi connectivity index (χ3n) is 5.04. The molecular formula is C19H22Cl2N6O. The van der Waals surface area contributed by atoms with Crippen molar-refractivity contribution in [1.29, 1.82) is 0 Å². The molecule has 3 aromatic rings. The first-order valence-electron chi connectivity index (χ1n) is 9.27. The number of pyridine rings is 1.